The highest BCUT2D eigenvalue weighted by Gasteiger charge is 2.24. The van der Waals surface area contributed by atoms with Crippen LogP contribution in [0.3, 0.4) is 0 Å². The van der Waals surface area contributed by atoms with E-state index in [1.54, 1.807) is 0 Å². The molecule has 1 saturated heterocycles. The zero-order chi connectivity index (χ0) is 13.7. The zero-order valence-corrected chi connectivity index (χ0v) is 12.6. The summed E-state index contributed by atoms with van der Waals surface area (Å²) in [6, 6.07) is 10.7. The second-order valence-corrected chi connectivity index (χ2v) is 6.03. The van der Waals surface area contributed by atoms with Crippen molar-refractivity contribution in [3.63, 3.8) is 0 Å². The SMILES string of the molecule is CC(O)C1CCN(CC(CS)c2ccccc2)CC1. The highest BCUT2D eigenvalue weighted by atomic mass is 32.1. The van der Waals surface area contributed by atoms with Gasteiger partial charge in [-0.2, -0.15) is 12.6 Å². The number of rotatable bonds is 5. The van der Waals surface area contributed by atoms with E-state index in [1.165, 1.54) is 5.56 Å². The fourth-order valence-electron chi connectivity index (χ4n) is 2.92. The Hall–Kier alpha value is -0.510. The number of likely N-dealkylation sites (tertiary alicyclic amines) is 1. The average Bonchev–Trinajstić information content (AvgIpc) is 2.46. The van der Waals surface area contributed by atoms with Gasteiger partial charge in [-0.1, -0.05) is 30.3 Å². The molecule has 3 heteroatoms. The number of thiol groups is 1. The first-order chi connectivity index (χ1) is 9.20. The summed E-state index contributed by atoms with van der Waals surface area (Å²) in [6.07, 6.45) is 2.08. The number of aliphatic hydroxyl groups is 1. The zero-order valence-electron chi connectivity index (χ0n) is 11.7. The standard InChI is InChI=1S/C16H25NOS/c1-13(18)14-7-9-17(10-8-14)11-16(12-19)15-5-3-2-4-6-15/h2-6,13-14,16,18-19H,7-12H2,1H3. The molecule has 0 amide bonds. The number of nitrogens with zero attached hydrogens (tertiary/aromatic N) is 1. The third kappa shape index (κ3) is 4.23. The van der Waals surface area contributed by atoms with Crippen LogP contribution in [0.2, 0.25) is 0 Å². The minimum atomic E-state index is -0.156. The van der Waals surface area contributed by atoms with E-state index in [1.807, 2.05) is 6.92 Å². The molecule has 106 valence electrons. The molecule has 1 heterocycles. The normalized spacial score (nSPS) is 21.2. The second-order valence-electron chi connectivity index (χ2n) is 5.67. The van der Waals surface area contributed by atoms with Crippen molar-refractivity contribution in [2.45, 2.75) is 31.8 Å². The topological polar surface area (TPSA) is 23.5 Å². The number of piperidine rings is 1. The van der Waals surface area contributed by atoms with Crippen LogP contribution in [0, 0.1) is 5.92 Å². The van der Waals surface area contributed by atoms with Crippen molar-refractivity contribution in [2.75, 3.05) is 25.4 Å². The lowest BCUT2D eigenvalue weighted by Crippen LogP contribution is -2.39. The predicted octanol–water partition coefficient (Wildman–Crippen LogP) is 2.79. The molecule has 19 heavy (non-hydrogen) atoms. The quantitative estimate of drug-likeness (QED) is 0.810. The molecule has 2 rings (SSSR count). The van der Waals surface area contributed by atoms with Crippen molar-refractivity contribution in [1.82, 2.24) is 4.90 Å². The highest BCUT2D eigenvalue weighted by molar-refractivity contribution is 7.80. The first-order valence-corrected chi connectivity index (χ1v) is 7.90. The number of aliphatic hydroxyl groups excluding tert-OH is 1. The summed E-state index contributed by atoms with van der Waals surface area (Å²) in [7, 11) is 0. The van der Waals surface area contributed by atoms with E-state index >= 15 is 0 Å². The molecule has 0 saturated carbocycles. The summed E-state index contributed by atoms with van der Waals surface area (Å²) in [5.41, 5.74) is 1.38. The molecule has 0 bridgehead atoms. The molecule has 0 spiro atoms. The number of hydrogen-bond acceptors (Lipinski definition) is 3. The van der Waals surface area contributed by atoms with E-state index in [2.05, 4.69) is 47.9 Å². The van der Waals surface area contributed by atoms with Gasteiger partial charge in [0.15, 0.2) is 0 Å². The molecular weight excluding hydrogens is 254 g/mol. The van der Waals surface area contributed by atoms with Crippen molar-refractivity contribution in [3.05, 3.63) is 35.9 Å². The maximum atomic E-state index is 9.64. The van der Waals surface area contributed by atoms with Crippen LogP contribution in [-0.4, -0.2) is 41.5 Å². The van der Waals surface area contributed by atoms with Crippen molar-refractivity contribution in [2.24, 2.45) is 5.92 Å². The first-order valence-electron chi connectivity index (χ1n) is 7.27. The molecule has 0 radical (unpaired) electrons. The fraction of sp³-hybridized carbons (Fsp3) is 0.625. The van der Waals surface area contributed by atoms with E-state index in [-0.39, 0.29) is 6.10 Å². The maximum absolute atomic E-state index is 9.64. The monoisotopic (exact) mass is 279 g/mol. The summed E-state index contributed by atoms with van der Waals surface area (Å²) in [5, 5.41) is 9.64. The summed E-state index contributed by atoms with van der Waals surface area (Å²) < 4.78 is 0. The molecule has 1 aromatic carbocycles. The Morgan fingerprint density at radius 2 is 1.89 bits per heavy atom. The lowest BCUT2D eigenvalue weighted by Gasteiger charge is -2.35. The lowest BCUT2D eigenvalue weighted by atomic mass is 9.91. The van der Waals surface area contributed by atoms with E-state index in [9.17, 15) is 5.11 Å². The fourth-order valence-corrected chi connectivity index (χ4v) is 3.25. The number of hydrogen-bond donors (Lipinski definition) is 2. The Morgan fingerprint density at radius 3 is 2.42 bits per heavy atom. The Bertz CT molecular complexity index is 360. The third-order valence-corrected chi connectivity index (χ3v) is 4.73. The van der Waals surface area contributed by atoms with Gasteiger partial charge in [-0.3, -0.25) is 0 Å². The molecule has 2 nitrogen and oxygen atoms in total. The molecule has 2 unspecified atom stereocenters. The summed E-state index contributed by atoms with van der Waals surface area (Å²) in [5.74, 6) is 1.88. The van der Waals surface area contributed by atoms with Crippen molar-refractivity contribution >= 4 is 12.6 Å². The van der Waals surface area contributed by atoms with Gasteiger partial charge in [0, 0.05) is 12.5 Å². The van der Waals surface area contributed by atoms with Crippen LogP contribution in [0.5, 0.6) is 0 Å². The van der Waals surface area contributed by atoms with Gasteiger partial charge in [0.05, 0.1) is 6.10 Å². The first kappa shape index (κ1) is 14.9. The van der Waals surface area contributed by atoms with Crippen LogP contribution < -0.4 is 0 Å². The molecule has 1 fully saturated rings. The summed E-state index contributed by atoms with van der Waals surface area (Å²) in [6.45, 7) is 5.21. The van der Waals surface area contributed by atoms with E-state index in [0.717, 1.165) is 38.2 Å². The smallest absolute Gasteiger partial charge is 0.0541 e. The Labute approximate surface area is 122 Å². The van der Waals surface area contributed by atoms with E-state index in [0.29, 0.717) is 11.8 Å². The van der Waals surface area contributed by atoms with Crippen LogP contribution in [0.25, 0.3) is 0 Å². The Morgan fingerprint density at radius 1 is 1.26 bits per heavy atom. The molecule has 1 aliphatic heterocycles. The van der Waals surface area contributed by atoms with Crippen molar-refractivity contribution in [1.29, 1.82) is 0 Å². The van der Waals surface area contributed by atoms with Gasteiger partial charge in [0.2, 0.25) is 0 Å². The average molecular weight is 279 g/mol. The van der Waals surface area contributed by atoms with Crippen molar-refractivity contribution < 1.29 is 5.11 Å². The summed E-state index contributed by atoms with van der Waals surface area (Å²) in [4.78, 5) is 2.52. The van der Waals surface area contributed by atoms with Crippen LogP contribution in [0.15, 0.2) is 30.3 Å². The summed E-state index contributed by atoms with van der Waals surface area (Å²) >= 11 is 4.51. The minimum Gasteiger partial charge on any atom is -0.393 e. The van der Waals surface area contributed by atoms with Gasteiger partial charge >= 0.3 is 0 Å². The molecule has 1 N–H and O–H groups in total. The van der Waals surface area contributed by atoms with Gasteiger partial charge in [-0.25, -0.2) is 0 Å². The minimum absolute atomic E-state index is 0.156. The molecule has 0 aliphatic carbocycles. The van der Waals surface area contributed by atoms with Crippen LogP contribution in [0.1, 0.15) is 31.2 Å². The van der Waals surface area contributed by atoms with Crippen LogP contribution in [-0.2, 0) is 0 Å². The maximum Gasteiger partial charge on any atom is 0.0541 e. The van der Waals surface area contributed by atoms with E-state index < -0.39 is 0 Å². The predicted molar refractivity (Wildman–Crippen MR) is 83.9 cm³/mol. The lowest BCUT2D eigenvalue weighted by molar-refractivity contribution is 0.0705. The molecule has 0 aromatic heterocycles. The third-order valence-electron chi connectivity index (χ3n) is 4.28. The highest BCUT2D eigenvalue weighted by Crippen LogP contribution is 2.24. The molecule has 2 atom stereocenters. The van der Waals surface area contributed by atoms with Gasteiger partial charge in [-0.05, 0) is 50.1 Å². The number of benzene rings is 1. The van der Waals surface area contributed by atoms with Crippen LogP contribution in [0.4, 0.5) is 0 Å². The van der Waals surface area contributed by atoms with Gasteiger partial charge in [-0.15, -0.1) is 0 Å². The molecular formula is C16H25NOS. The molecule has 1 aliphatic rings. The Kier molecular flexibility index (Phi) is 5.74. The molecule has 1 aromatic rings. The van der Waals surface area contributed by atoms with Gasteiger partial charge in [0.25, 0.3) is 0 Å². The van der Waals surface area contributed by atoms with Crippen LogP contribution >= 0.6 is 12.6 Å². The van der Waals surface area contributed by atoms with Gasteiger partial charge < -0.3 is 10.0 Å². The van der Waals surface area contributed by atoms with Crippen molar-refractivity contribution in [3.8, 4) is 0 Å². The van der Waals surface area contributed by atoms with E-state index in [4.69, 9.17) is 0 Å². The largest absolute Gasteiger partial charge is 0.393 e. The van der Waals surface area contributed by atoms with Gasteiger partial charge in [0.1, 0.15) is 0 Å². The Balaban J connectivity index is 1.87. The second kappa shape index (κ2) is 7.32.